The Bertz CT molecular complexity index is 534. The van der Waals surface area contributed by atoms with E-state index in [1.807, 2.05) is 42.5 Å². The van der Waals surface area contributed by atoms with Gasteiger partial charge in [0.25, 0.3) is 0 Å². The minimum absolute atomic E-state index is 0.0853. The molecule has 2 rings (SSSR count). The van der Waals surface area contributed by atoms with Crippen LogP contribution in [0.15, 0.2) is 42.5 Å². The van der Waals surface area contributed by atoms with E-state index in [1.165, 1.54) is 5.56 Å². The van der Waals surface area contributed by atoms with Crippen molar-refractivity contribution in [3.8, 4) is 5.75 Å². The molecule has 0 fully saturated rings. The van der Waals surface area contributed by atoms with Gasteiger partial charge in [0, 0.05) is 20.4 Å². The quantitative estimate of drug-likeness (QED) is 0.638. The molecule has 100 valence electrons. The molecule has 0 aliphatic heterocycles. The van der Waals surface area contributed by atoms with Crippen LogP contribution in [0.5, 0.6) is 5.75 Å². The zero-order chi connectivity index (χ0) is 13.8. The number of methoxy groups -OCH3 is 1. The Labute approximate surface area is 131 Å². The molecular formula is C15H13BrCl2O. The van der Waals surface area contributed by atoms with Gasteiger partial charge in [0.1, 0.15) is 5.75 Å². The molecule has 0 radical (unpaired) electrons. The van der Waals surface area contributed by atoms with Crippen LogP contribution in [0.3, 0.4) is 0 Å². The Morgan fingerprint density at radius 2 is 1.63 bits per heavy atom. The lowest BCUT2D eigenvalue weighted by molar-refractivity contribution is 0.414. The molecule has 2 aromatic rings. The van der Waals surface area contributed by atoms with Gasteiger partial charge in [-0.15, -0.1) is 0 Å². The normalized spacial score (nSPS) is 12.2. The number of ether oxygens (including phenoxy) is 1. The molecule has 19 heavy (non-hydrogen) atoms. The van der Waals surface area contributed by atoms with Gasteiger partial charge >= 0.3 is 0 Å². The SMILES string of the molecule is COc1ccc(CC(Br)c2c(Cl)cccc2Cl)cc1. The number of hydrogen-bond acceptors (Lipinski definition) is 1. The minimum Gasteiger partial charge on any atom is -0.497 e. The Hall–Kier alpha value is -0.700. The van der Waals surface area contributed by atoms with E-state index >= 15 is 0 Å². The largest absolute Gasteiger partial charge is 0.497 e. The van der Waals surface area contributed by atoms with Gasteiger partial charge in [-0.3, -0.25) is 0 Å². The highest BCUT2D eigenvalue weighted by Gasteiger charge is 2.15. The fourth-order valence-corrected chi connectivity index (χ4v) is 3.67. The summed E-state index contributed by atoms with van der Waals surface area (Å²) in [6, 6.07) is 13.5. The standard InChI is InChI=1S/C15H13BrCl2O/c1-19-11-7-5-10(6-8-11)9-12(16)15-13(17)3-2-4-14(15)18/h2-8,12H,9H2,1H3. The summed E-state index contributed by atoms with van der Waals surface area (Å²) in [5, 5.41) is 1.37. The van der Waals surface area contributed by atoms with Crippen LogP contribution >= 0.6 is 39.1 Å². The molecule has 2 aromatic carbocycles. The minimum atomic E-state index is 0.0853. The summed E-state index contributed by atoms with van der Waals surface area (Å²) < 4.78 is 5.14. The van der Waals surface area contributed by atoms with Gasteiger partial charge in [0.15, 0.2) is 0 Å². The van der Waals surface area contributed by atoms with Crippen molar-refractivity contribution in [1.29, 1.82) is 0 Å². The van der Waals surface area contributed by atoms with E-state index < -0.39 is 0 Å². The molecule has 1 unspecified atom stereocenters. The van der Waals surface area contributed by atoms with Crippen LogP contribution < -0.4 is 4.74 Å². The predicted octanol–water partition coefficient (Wildman–Crippen LogP) is 5.68. The highest BCUT2D eigenvalue weighted by atomic mass is 79.9. The number of hydrogen-bond donors (Lipinski definition) is 0. The lowest BCUT2D eigenvalue weighted by Crippen LogP contribution is -1.97. The fourth-order valence-electron chi connectivity index (χ4n) is 1.88. The summed E-state index contributed by atoms with van der Waals surface area (Å²) in [6.45, 7) is 0. The van der Waals surface area contributed by atoms with Crippen molar-refractivity contribution in [2.75, 3.05) is 7.11 Å². The molecule has 0 heterocycles. The van der Waals surface area contributed by atoms with Gasteiger partial charge in [0.2, 0.25) is 0 Å². The van der Waals surface area contributed by atoms with Crippen molar-refractivity contribution in [3.05, 3.63) is 63.6 Å². The summed E-state index contributed by atoms with van der Waals surface area (Å²) in [7, 11) is 1.66. The second-order valence-electron chi connectivity index (χ2n) is 4.16. The summed E-state index contributed by atoms with van der Waals surface area (Å²) in [4.78, 5) is 0.0853. The van der Waals surface area contributed by atoms with E-state index in [9.17, 15) is 0 Å². The molecule has 0 N–H and O–H groups in total. The van der Waals surface area contributed by atoms with E-state index in [-0.39, 0.29) is 4.83 Å². The fraction of sp³-hybridized carbons (Fsp3) is 0.200. The molecule has 0 aliphatic rings. The Morgan fingerprint density at radius 3 is 2.16 bits per heavy atom. The van der Waals surface area contributed by atoms with Gasteiger partial charge < -0.3 is 4.74 Å². The van der Waals surface area contributed by atoms with Crippen LogP contribution in [-0.4, -0.2) is 7.11 Å². The lowest BCUT2D eigenvalue weighted by atomic mass is 10.0. The van der Waals surface area contributed by atoms with Crippen molar-refractivity contribution in [3.63, 3.8) is 0 Å². The van der Waals surface area contributed by atoms with Crippen LogP contribution in [-0.2, 0) is 6.42 Å². The number of alkyl halides is 1. The summed E-state index contributed by atoms with van der Waals surface area (Å²) in [6.07, 6.45) is 0.813. The van der Waals surface area contributed by atoms with Crippen LogP contribution in [0.1, 0.15) is 16.0 Å². The van der Waals surface area contributed by atoms with E-state index in [1.54, 1.807) is 7.11 Å². The van der Waals surface area contributed by atoms with Crippen LogP contribution in [0.4, 0.5) is 0 Å². The van der Waals surface area contributed by atoms with E-state index in [2.05, 4.69) is 15.9 Å². The molecule has 1 atom stereocenters. The molecule has 0 bridgehead atoms. The number of halogens is 3. The third kappa shape index (κ3) is 3.65. The summed E-state index contributed by atoms with van der Waals surface area (Å²) in [5.74, 6) is 0.852. The predicted molar refractivity (Wildman–Crippen MR) is 84.8 cm³/mol. The van der Waals surface area contributed by atoms with Gasteiger partial charge in [-0.25, -0.2) is 0 Å². The Kier molecular flexibility index (Phi) is 5.14. The summed E-state index contributed by atoms with van der Waals surface area (Å²) >= 11 is 16.1. The van der Waals surface area contributed by atoms with Crippen molar-refractivity contribution in [1.82, 2.24) is 0 Å². The van der Waals surface area contributed by atoms with Crippen LogP contribution in [0.25, 0.3) is 0 Å². The Balaban J connectivity index is 2.18. The van der Waals surface area contributed by atoms with Crippen molar-refractivity contribution in [2.45, 2.75) is 11.2 Å². The molecule has 0 amide bonds. The Morgan fingerprint density at radius 1 is 1.05 bits per heavy atom. The van der Waals surface area contributed by atoms with Crippen LogP contribution in [0.2, 0.25) is 10.0 Å². The molecular weight excluding hydrogens is 347 g/mol. The highest BCUT2D eigenvalue weighted by Crippen LogP contribution is 2.37. The van der Waals surface area contributed by atoms with Gasteiger partial charge in [-0.1, -0.05) is 57.3 Å². The molecule has 0 aliphatic carbocycles. The molecule has 0 saturated heterocycles. The second kappa shape index (κ2) is 6.65. The first-order valence-electron chi connectivity index (χ1n) is 5.82. The lowest BCUT2D eigenvalue weighted by Gasteiger charge is -2.14. The van der Waals surface area contributed by atoms with Gasteiger partial charge in [-0.2, -0.15) is 0 Å². The van der Waals surface area contributed by atoms with Gasteiger partial charge in [-0.05, 0) is 36.2 Å². The average Bonchev–Trinajstić information content (AvgIpc) is 2.39. The number of benzene rings is 2. The zero-order valence-electron chi connectivity index (χ0n) is 10.4. The first kappa shape index (κ1) is 14.7. The molecule has 0 aromatic heterocycles. The molecule has 0 saturated carbocycles. The van der Waals surface area contributed by atoms with Gasteiger partial charge in [0.05, 0.1) is 7.11 Å². The average molecular weight is 360 g/mol. The van der Waals surface area contributed by atoms with Crippen molar-refractivity contribution in [2.24, 2.45) is 0 Å². The maximum atomic E-state index is 6.20. The van der Waals surface area contributed by atoms with E-state index in [0.717, 1.165) is 17.7 Å². The zero-order valence-corrected chi connectivity index (χ0v) is 13.5. The third-order valence-electron chi connectivity index (χ3n) is 2.89. The summed E-state index contributed by atoms with van der Waals surface area (Å²) in [5.41, 5.74) is 2.13. The smallest absolute Gasteiger partial charge is 0.118 e. The highest BCUT2D eigenvalue weighted by molar-refractivity contribution is 9.09. The molecule has 4 heteroatoms. The van der Waals surface area contributed by atoms with Crippen molar-refractivity contribution >= 4 is 39.1 Å². The third-order valence-corrected chi connectivity index (χ3v) is 4.33. The number of rotatable bonds is 4. The topological polar surface area (TPSA) is 9.23 Å². The first-order valence-corrected chi connectivity index (χ1v) is 7.50. The van der Waals surface area contributed by atoms with E-state index in [4.69, 9.17) is 27.9 Å². The maximum Gasteiger partial charge on any atom is 0.118 e. The van der Waals surface area contributed by atoms with E-state index in [0.29, 0.717) is 10.0 Å². The first-order chi connectivity index (χ1) is 9.11. The van der Waals surface area contributed by atoms with Crippen LogP contribution in [0, 0.1) is 0 Å². The van der Waals surface area contributed by atoms with Crippen molar-refractivity contribution < 1.29 is 4.74 Å². The maximum absolute atomic E-state index is 6.20. The monoisotopic (exact) mass is 358 g/mol. The molecule has 1 nitrogen and oxygen atoms in total. The second-order valence-corrected chi connectivity index (χ2v) is 6.07. The molecule has 0 spiro atoms.